The van der Waals surface area contributed by atoms with Crippen LogP contribution in [0.1, 0.15) is 80.7 Å². The Bertz CT molecular complexity index is 5030. The van der Waals surface area contributed by atoms with E-state index < -0.39 is 78.7 Å². The molecule has 16 rings (SSSR count). The first-order chi connectivity index (χ1) is 41.8. The molecule has 76 heavy (non-hydrogen) atoms. The van der Waals surface area contributed by atoms with Gasteiger partial charge in [-0.05, 0) is 93.0 Å². The van der Waals surface area contributed by atoms with E-state index in [2.05, 4.69) is 57.4 Å². The number of aromatic nitrogens is 5. The smallest absolute Gasteiger partial charge is 0.243 e. The zero-order chi connectivity index (χ0) is 61.9. The molecule has 1 atom stereocenters. The topological polar surface area (TPSA) is 40.8 Å². The van der Waals surface area contributed by atoms with Crippen molar-refractivity contribution < 1.29 is 48.2 Å². The van der Waals surface area contributed by atoms with Crippen LogP contribution >= 0.6 is 0 Å². The Morgan fingerprint density at radius 3 is 2.03 bits per heavy atom. The van der Waals surface area contributed by atoms with Crippen molar-refractivity contribution in [3.63, 3.8) is 0 Å². The van der Waals surface area contributed by atoms with Gasteiger partial charge in [0.2, 0.25) is 6.33 Å². The van der Waals surface area contributed by atoms with Crippen LogP contribution in [0.15, 0.2) is 206 Å². The molecule has 4 aromatic heterocycles. The van der Waals surface area contributed by atoms with Crippen LogP contribution in [0, 0.1) is 25.3 Å². The van der Waals surface area contributed by atoms with E-state index in [9.17, 15) is 9.60 Å². The summed E-state index contributed by atoms with van der Waals surface area (Å²) in [4.78, 5) is 5.13. The standard InChI is InChI=1S/C69H53N5O.Pt/c1-44-37-65-70-42-64(44)73-59-35-31-47(68(2,3)4)38-56(59)57-39-48(32-36-60(57)73)69(5,6)67(66-52(45-19-9-7-10-20-45)26-18-27-53(66)46-21-11-8-12-22-46)72-43-71(61-29-15-16-30-62(61)72)49-23-17-24-50(40-49)75-51-33-34-55-54-25-13-14-28-58(54)74(65)63(55)41-51;/h7-39,42,67H,1-6H3;/q-2;/i1D3,7D,8D,9D,10D,11D,12D,19D,20D,21D,22D;. The number of aryl methyl sites for hydroxylation is 1. The summed E-state index contributed by atoms with van der Waals surface area (Å²) in [6.07, 6.45) is 5.33. The van der Waals surface area contributed by atoms with Crippen LogP contribution in [-0.2, 0) is 31.9 Å². The monoisotopic (exact) mass is 1180 g/mol. The number of pyridine rings is 1. The van der Waals surface area contributed by atoms with Gasteiger partial charge in [0.25, 0.3) is 0 Å². The molecule has 7 heterocycles. The van der Waals surface area contributed by atoms with Crippen LogP contribution in [0.3, 0.4) is 0 Å². The SMILES string of the molecule is [2H]c1c([2H])c([2H])c(-c2cccc(-c3c([2H])c([2H])c([2H])c([2H])c3[2H])c2C2[n+]3[c-]n(c4ccccc43)-c3[c-]c(ccc3)Oc3[c-]c4c(cc3)c3ccccc3n4-c3cc(C([2H])([2H])[2H])c(cn3)-n3c4ccc(C(C)(C)C)cc4c4cc(ccc43)C2(C)C)c([2H])c1[2H].[Pt]. The second-order valence-electron chi connectivity index (χ2n) is 20.7. The summed E-state index contributed by atoms with van der Waals surface area (Å²) < 4.78 is 134. The van der Waals surface area contributed by atoms with Crippen LogP contribution in [0.25, 0.3) is 94.1 Å². The first kappa shape index (κ1) is 35.0. The van der Waals surface area contributed by atoms with Crippen molar-refractivity contribution in [2.45, 2.75) is 58.3 Å². The van der Waals surface area contributed by atoms with Crippen molar-refractivity contribution in [2.24, 2.45) is 0 Å². The molecular formula is C69H53N5OPt-2. The summed E-state index contributed by atoms with van der Waals surface area (Å²) in [7, 11) is 0. The fraction of sp³-hybridized carbons (Fsp3) is 0.130. The van der Waals surface area contributed by atoms with Crippen LogP contribution in [-0.4, -0.2) is 18.7 Å². The van der Waals surface area contributed by atoms with Gasteiger partial charge in [-0.1, -0.05) is 179 Å². The number of rotatable bonds is 3. The number of ether oxygens (including phenoxy) is 1. The molecule has 6 nitrogen and oxygen atoms in total. The number of fused-ring (bicyclic) bond motifs is 5. The van der Waals surface area contributed by atoms with Gasteiger partial charge in [0, 0.05) is 63.9 Å². The maximum Gasteiger partial charge on any atom is 0.243 e. The quantitative estimate of drug-likeness (QED) is 0.131. The second kappa shape index (κ2) is 17.9. The van der Waals surface area contributed by atoms with E-state index in [1.807, 2.05) is 123 Å². The Kier molecular flexibility index (Phi) is 8.27. The largest absolute Gasteiger partial charge is 0.510 e. The molecule has 0 saturated heterocycles. The Labute approximate surface area is 475 Å². The molecule has 7 heteroatoms. The average Bonchev–Trinajstić information content (AvgIpc) is 1.61. The predicted molar refractivity (Wildman–Crippen MR) is 305 cm³/mol. The minimum Gasteiger partial charge on any atom is -0.510 e. The fourth-order valence-corrected chi connectivity index (χ4v) is 11.3. The van der Waals surface area contributed by atoms with Crippen molar-refractivity contribution in [1.29, 1.82) is 0 Å². The Hall–Kier alpha value is -8.31. The van der Waals surface area contributed by atoms with Crippen LogP contribution in [0.2, 0.25) is 0 Å². The minimum absolute atomic E-state index is 0. The number of benzene rings is 9. The molecule has 0 N–H and O–H groups in total. The molecule has 372 valence electrons. The van der Waals surface area contributed by atoms with E-state index in [0.29, 0.717) is 61.8 Å². The molecule has 0 spiro atoms. The third-order valence-corrected chi connectivity index (χ3v) is 14.9. The molecule has 0 radical (unpaired) electrons. The zero-order valence-corrected chi connectivity index (χ0v) is 44.2. The van der Waals surface area contributed by atoms with Gasteiger partial charge in [-0.15, -0.1) is 29.7 Å². The fourth-order valence-electron chi connectivity index (χ4n) is 11.3. The molecular weight excluding hydrogens is 1110 g/mol. The number of nitrogens with zero attached hydrogens (tertiary/aromatic N) is 5. The predicted octanol–water partition coefficient (Wildman–Crippen LogP) is 16.5. The number of hydrogen-bond acceptors (Lipinski definition) is 2. The summed E-state index contributed by atoms with van der Waals surface area (Å²) in [6.45, 7) is 7.74. The summed E-state index contributed by atoms with van der Waals surface area (Å²) >= 11 is 0. The summed E-state index contributed by atoms with van der Waals surface area (Å²) in [5.41, 5.74) is 5.25. The Morgan fingerprint density at radius 1 is 0.632 bits per heavy atom. The van der Waals surface area contributed by atoms with Crippen molar-refractivity contribution >= 4 is 54.6 Å². The van der Waals surface area contributed by atoms with Gasteiger partial charge in [-0.25, -0.2) is 4.98 Å². The normalized spacial score (nSPS) is 16.8. The van der Waals surface area contributed by atoms with Crippen molar-refractivity contribution in [3.8, 4) is 50.9 Å². The number of imidazole rings is 1. The molecule has 3 aliphatic heterocycles. The summed E-state index contributed by atoms with van der Waals surface area (Å²) in [6, 6.07) is 43.7. The molecule has 13 aromatic rings. The van der Waals surface area contributed by atoms with E-state index in [1.54, 1.807) is 36.5 Å². The van der Waals surface area contributed by atoms with Gasteiger partial charge < -0.3 is 23.0 Å². The first-order valence-corrected chi connectivity index (χ1v) is 24.8. The van der Waals surface area contributed by atoms with E-state index in [4.69, 9.17) is 17.9 Å². The molecule has 1 unspecified atom stereocenters. The molecule has 3 aliphatic rings. The molecule has 0 saturated carbocycles. The number of hydrogen-bond donors (Lipinski definition) is 0. The summed E-state index contributed by atoms with van der Waals surface area (Å²) in [5.74, 6) is 1.00. The van der Waals surface area contributed by atoms with Gasteiger partial charge >= 0.3 is 0 Å². The van der Waals surface area contributed by atoms with Crippen LogP contribution in [0.4, 0.5) is 0 Å². The van der Waals surface area contributed by atoms with Gasteiger partial charge in [-0.2, -0.15) is 18.2 Å². The van der Waals surface area contributed by atoms with Crippen molar-refractivity contribution in [2.75, 3.05) is 0 Å². The van der Waals surface area contributed by atoms with Crippen molar-refractivity contribution in [3.05, 3.63) is 247 Å². The minimum atomic E-state index is -2.67. The zero-order valence-electron chi connectivity index (χ0n) is 54.9. The van der Waals surface area contributed by atoms with Crippen LogP contribution < -0.4 is 9.30 Å². The van der Waals surface area contributed by atoms with E-state index in [-0.39, 0.29) is 59.9 Å². The van der Waals surface area contributed by atoms with Gasteiger partial charge in [0.05, 0.1) is 47.7 Å². The molecule has 0 amide bonds. The molecule has 9 aromatic carbocycles. The maximum absolute atomic E-state index is 9.55. The first-order valence-electron chi connectivity index (χ1n) is 31.3. The molecule has 12 bridgehead atoms. The van der Waals surface area contributed by atoms with Crippen LogP contribution in [0.5, 0.6) is 11.5 Å². The maximum atomic E-state index is 9.55. The molecule has 0 fully saturated rings. The van der Waals surface area contributed by atoms with Crippen molar-refractivity contribution in [1.82, 2.24) is 18.7 Å². The van der Waals surface area contributed by atoms with Gasteiger partial charge in [-0.3, -0.25) is 0 Å². The summed E-state index contributed by atoms with van der Waals surface area (Å²) in [5, 5.41) is 3.30. The van der Waals surface area contributed by atoms with Gasteiger partial charge in [0.1, 0.15) is 11.9 Å². The second-order valence-corrected chi connectivity index (χ2v) is 20.7. The third kappa shape index (κ3) is 7.48. The molecule has 0 aliphatic carbocycles. The Balaban J connectivity index is 0.00000729. The van der Waals surface area contributed by atoms with E-state index in [1.165, 1.54) is 0 Å². The van der Waals surface area contributed by atoms with E-state index in [0.717, 1.165) is 32.6 Å². The third-order valence-electron chi connectivity index (χ3n) is 14.9. The Morgan fingerprint density at radius 2 is 1.29 bits per heavy atom. The average molecular weight is 1180 g/mol. The number of para-hydroxylation sites is 3. The van der Waals surface area contributed by atoms with E-state index >= 15 is 0 Å². The van der Waals surface area contributed by atoms with Gasteiger partial charge in [0.15, 0.2) is 0 Å².